The van der Waals surface area contributed by atoms with Crippen LogP contribution in [0, 0.1) is 0 Å². The van der Waals surface area contributed by atoms with E-state index in [1.54, 1.807) is 18.2 Å². The molecule has 1 fully saturated rings. The van der Waals surface area contributed by atoms with Crippen LogP contribution in [0.5, 0.6) is 0 Å². The highest BCUT2D eigenvalue weighted by Gasteiger charge is 2.34. The van der Waals surface area contributed by atoms with Crippen LogP contribution in [0.1, 0.15) is 5.56 Å². The Bertz CT molecular complexity index is 978. The quantitative estimate of drug-likeness (QED) is 0.582. The van der Waals surface area contributed by atoms with Gasteiger partial charge in [0.25, 0.3) is 11.8 Å². The Morgan fingerprint density at radius 2 is 1.27 bits per heavy atom. The molecule has 0 radical (unpaired) electrons. The van der Waals surface area contributed by atoms with Crippen LogP contribution in [0.15, 0.2) is 90.5 Å². The van der Waals surface area contributed by atoms with E-state index in [1.807, 2.05) is 72.8 Å². The van der Waals surface area contributed by atoms with Crippen molar-refractivity contribution in [2.45, 2.75) is 0 Å². The van der Waals surface area contributed by atoms with Crippen molar-refractivity contribution < 1.29 is 9.59 Å². The zero-order chi connectivity index (χ0) is 17.9. The fraction of sp³-hybridized carbons (Fsp3) is 0. The number of carbonyl (C=O) groups excluding carboxylic acids is 2. The summed E-state index contributed by atoms with van der Waals surface area (Å²) >= 11 is 0. The lowest BCUT2D eigenvalue weighted by molar-refractivity contribution is -0.117. The van der Waals surface area contributed by atoms with Crippen LogP contribution >= 0.6 is 0 Å². The molecule has 3 aromatic rings. The first kappa shape index (κ1) is 15.8. The van der Waals surface area contributed by atoms with Crippen molar-refractivity contribution in [3.8, 4) is 11.1 Å². The fourth-order valence-electron chi connectivity index (χ4n) is 2.89. The normalized spacial score (nSPS) is 15.4. The Kier molecular flexibility index (Phi) is 4.07. The number of carbonyl (C=O) groups is 2. The third-order valence-electron chi connectivity index (χ3n) is 4.23. The largest absolute Gasteiger partial charge is 0.282 e. The topological polar surface area (TPSA) is 49.4 Å². The average molecular weight is 340 g/mol. The molecule has 0 bridgehead atoms. The van der Waals surface area contributed by atoms with Crippen LogP contribution in [0.25, 0.3) is 17.2 Å². The van der Waals surface area contributed by atoms with E-state index in [9.17, 15) is 9.59 Å². The van der Waals surface area contributed by atoms with Crippen molar-refractivity contribution in [1.82, 2.24) is 5.43 Å². The van der Waals surface area contributed by atoms with Crippen LogP contribution in [0.3, 0.4) is 0 Å². The summed E-state index contributed by atoms with van der Waals surface area (Å²) in [5, 5.41) is 1.27. The maximum atomic E-state index is 12.6. The van der Waals surface area contributed by atoms with Crippen LogP contribution in [-0.2, 0) is 9.59 Å². The predicted octanol–water partition coefficient (Wildman–Crippen LogP) is 3.82. The molecule has 4 heteroatoms. The summed E-state index contributed by atoms with van der Waals surface area (Å²) in [6, 6.07) is 26.9. The van der Waals surface area contributed by atoms with Crippen molar-refractivity contribution in [3.05, 3.63) is 96.1 Å². The molecule has 3 aromatic carbocycles. The molecular weight excluding hydrogens is 324 g/mol. The number of para-hydroxylation sites is 1. The monoisotopic (exact) mass is 340 g/mol. The lowest BCUT2D eigenvalue weighted by Crippen LogP contribution is -2.35. The fourth-order valence-corrected chi connectivity index (χ4v) is 2.89. The molecule has 0 saturated carbocycles. The molecule has 1 heterocycles. The van der Waals surface area contributed by atoms with Crippen molar-refractivity contribution in [2.24, 2.45) is 0 Å². The number of hydrazine groups is 1. The molecule has 26 heavy (non-hydrogen) atoms. The molecule has 0 aromatic heterocycles. The highest BCUT2D eigenvalue weighted by atomic mass is 16.2. The van der Waals surface area contributed by atoms with E-state index in [2.05, 4.69) is 5.43 Å². The molecule has 0 unspecified atom stereocenters. The molecule has 126 valence electrons. The Morgan fingerprint density at radius 1 is 0.692 bits per heavy atom. The molecule has 4 nitrogen and oxygen atoms in total. The summed E-state index contributed by atoms with van der Waals surface area (Å²) in [6.07, 6.45) is 1.62. The van der Waals surface area contributed by atoms with Gasteiger partial charge in [-0.2, -0.15) is 0 Å². The van der Waals surface area contributed by atoms with Crippen molar-refractivity contribution in [3.63, 3.8) is 0 Å². The van der Waals surface area contributed by atoms with Gasteiger partial charge in [-0.25, -0.2) is 5.01 Å². The summed E-state index contributed by atoms with van der Waals surface area (Å²) in [5.41, 5.74) is 6.37. The molecule has 1 N–H and O–H groups in total. The Balaban J connectivity index is 1.60. The molecular formula is C22H16N2O2. The van der Waals surface area contributed by atoms with Crippen LogP contribution in [0.4, 0.5) is 5.69 Å². The lowest BCUT2D eigenvalue weighted by Gasteiger charge is -2.13. The number of hydrogen-bond donors (Lipinski definition) is 1. The number of nitrogens with one attached hydrogen (secondary N) is 1. The second kappa shape index (κ2) is 6.69. The van der Waals surface area contributed by atoms with E-state index in [4.69, 9.17) is 0 Å². The Hall–Kier alpha value is -3.66. The second-order valence-corrected chi connectivity index (χ2v) is 5.96. The maximum Gasteiger partial charge on any atom is 0.282 e. The van der Waals surface area contributed by atoms with Gasteiger partial charge in [0, 0.05) is 0 Å². The first-order valence-corrected chi connectivity index (χ1v) is 8.30. The molecule has 1 aliphatic rings. The van der Waals surface area contributed by atoms with E-state index >= 15 is 0 Å². The Morgan fingerprint density at radius 3 is 1.92 bits per heavy atom. The summed E-state index contributed by atoms with van der Waals surface area (Å²) < 4.78 is 0. The third-order valence-corrected chi connectivity index (χ3v) is 4.23. The minimum absolute atomic E-state index is 0.126. The van der Waals surface area contributed by atoms with Crippen molar-refractivity contribution >= 4 is 23.6 Å². The Labute approximate surface area is 151 Å². The molecule has 0 spiro atoms. The number of anilines is 1. The molecule has 0 atom stereocenters. The van der Waals surface area contributed by atoms with Gasteiger partial charge in [0.1, 0.15) is 5.57 Å². The van der Waals surface area contributed by atoms with E-state index in [-0.39, 0.29) is 11.5 Å². The zero-order valence-corrected chi connectivity index (χ0v) is 13.9. The van der Waals surface area contributed by atoms with Gasteiger partial charge in [-0.15, -0.1) is 0 Å². The van der Waals surface area contributed by atoms with Gasteiger partial charge in [-0.1, -0.05) is 72.8 Å². The summed E-state index contributed by atoms with van der Waals surface area (Å²) in [4.78, 5) is 24.8. The van der Waals surface area contributed by atoms with Crippen LogP contribution in [-0.4, -0.2) is 11.8 Å². The maximum absolute atomic E-state index is 12.6. The van der Waals surface area contributed by atoms with Gasteiger partial charge < -0.3 is 0 Å². The molecule has 4 rings (SSSR count). The average Bonchev–Trinajstić information content (AvgIpc) is 2.98. The smallest absolute Gasteiger partial charge is 0.267 e. The van der Waals surface area contributed by atoms with Gasteiger partial charge in [0.2, 0.25) is 0 Å². The molecule has 1 saturated heterocycles. The van der Waals surface area contributed by atoms with Gasteiger partial charge in [0.05, 0.1) is 5.69 Å². The molecule has 0 aliphatic carbocycles. The van der Waals surface area contributed by atoms with E-state index in [0.29, 0.717) is 5.69 Å². The first-order valence-electron chi connectivity index (χ1n) is 8.30. The van der Waals surface area contributed by atoms with Gasteiger partial charge >= 0.3 is 0 Å². The second-order valence-electron chi connectivity index (χ2n) is 5.96. The third kappa shape index (κ3) is 3.00. The summed E-state index contributed by atoms with van der Waals surface area (Å²) in [7, 11) is 0. The van der Waals surface area contributed by atoms with E-state index in [0.717, 1.165) is 16.7 Å². The van der Waals surface area contributed by atoms with Gasteiger partial charge in [-0.05, 0) is 34.9 Å². The summed E-state index contributed by atoms with van der Waals surface area (Å²) in [6.45, 7) is 0. The highest BCUT2D eigenvalue weighted by molar-refractivity contribution is 6.31. The molecule has 2 amide bonds. The van der Waals surface area contributed by atoms with E-state index in [1.165, 1.54) is 5.01 Å². The van der Waals surface area contributed by atoms with Crippen LogP contribution in [0.2, 0.25) is 0 Å². The van der Waals surface area contributed by atoms with Gasteiger partial charge in [-0.3, -0.25) is 15.0 Å². The number of nitrogens with zero attached hydrogens (tertiary/aromatic N) is 1. The van der Waals surface area contributed by atoms with Crippen molar-refractivity contribution in [2.75, 3.05) is 5.01 Å². The SMILES string of the molecule is O=C1NN(c2ccccc2)C(=O)/C1=C\c1ccc(-c2ccccc2)cc1. The minimum atomic E-state index is -0.397. The number of hydrogen-bond acceptors (Lipinski definition) is 2. The standard InChI is InChI=1S/C22H16N2O2/c25-21-20(22(26)24(23-21)19-9-5-2-6-10-19)15-16-11-13-18(14-12-16)17-7-3-1-4-8-17/h1-15H,(H,23,25)/b20-15-. The van der Waals surface area contributed by atoms with Crippen molar-refractivity contribution in [1.29, 1.82) is 0 Å². The lowest BCUT2D eigenvalue weighted by atomic mass is 10.0. The minimum Gasteiger partial charge on any atom is -0.267 e. The number of rotatable bonds is 3. The van der Waals surface area contributed by atoms with Gasteiger partial charge in [0.15, 0.2) is 0 Å². The summed E-state index contributed by atoms with van der Waals surface area (Å²) in [5.74, 6) is -0.751. The number of benzene rings is 3. The van der Waals surface area contributed by atoms with E-state index < -0.39 is 5.91 Å². The highest BCUT2D eigenvalue weighted by Crippen LogP contribution is 2.23. The predicted molar refractivity (Wildman–Crippen MR) is 102 cm³/mol. The molecule has 1 aliphatic heterocycles. The first-order chi connectivity index (χ1) is 12.7. The zero-order valence-electron chi connectivity index (χ0n) is 13.9. The van der Waals surface area contributed by atoms with Crippen LogP contribution < -0.4 is 10.4 Å². The number of amides is 2.